The van der Waals surface area contributed by atoms with Crippen molar-refractivity contribution in [1.82, 2.24) is 9.88 Å². The topological polar surface area (TPSA) is 90.7 Å². The fraction of sp³-hybridized carbons (Fsp3) is 0.409. The van der Waals surface area contributed by atoms with E-state index < -0.39 is 17.5 Å². The Labute approximate surface area is 164 Å². The Hall–Kier alpha value is -2.73. The van der Waals surface area contributed by atoms with Crippen LogP contribution in [0.4, 0.5) is 0 Å². The Balaban J connectivity index is 1.74. The van der Waals surface area contributed by atoms with Gasteiger partial charge in [0.2, 0.25) is 0 Å². The van der Waals surface area contributed by atoms with Crippen LogP contribution in [0.2, 0.25) is 0 Å². The summed E-state index contributed by atoms with van der Waals surface area (Å²) >= 11 is 0. The lowest BCUT2D eigenvalue weighted by Gasteiger charge is -2.43. The van der Waals surface area contributed by atoms with Crippen LogP contribution in [-0.2, 0) is 11.2 Å². The lowest BCUT2D eigenvalue weighted by atomic mass is 9.73. The third-order valence-electron chi connectivity index (χ3n) is 5.59. The van der Waals surface area contributed by atoms with E-state index in [9.17, 15) is 19.8 Å². The van der Waals surface area contributed by atoms with Crippen molar-refractivity contribution >= 4 is 11.9 Å². The van der Waals surface area contributed by atoms with Gasteiger partial charge in [-0.25, -0.2) is 0 Å². The third-order valence-corrected chi connectivity index (χ3v) is 5.59. The molecule has 1 amide bonds. The van der Waals surface area contributed by atoms with Crippen LogP contribution in [0.1, 0.15) is 40.9 Å². The highest BCUT2D eigenvalue weighted by Crippen LogP contribution is 2.36. The quantitative estimate of drug-likeness (QED) is 0.802. The third kappa shape index (κ3) is 4.22. The summed E-state index contributed by atoms with van der Waals surface area (Å²) < 4.78 is 0. The Morgan fingerprint density at radius 1 is 1.21 bits per heavy atom. The minimum Gasteiger partial charge on any atom is -0.481 e. The standard InChI is InChI=1S/C22H26N2O4/c1-16-9-10-18(14-23-16)20(26)24-13-11-19(25)22(15-24,21(27)28)12-5-8-17-6-3-2-4-7-17/h2-4,6-7,9-10,14,19,25H,5,8,11-13,15H2,1H3,(H,27,28)/t19-,22-/m1/s1. The van der Waals surface area contributed by atoms with Crippen LogP contribution in [-0.4, -0.2) is 51.2 Å². The zero-order valence-electron chi connectivity index (χ0n) is 16.0. The lowest BCUT2D eigenvalue weighted by molar-refractivity contribution is -0.162. The van der Waals surface area contributed by atoms with Crippen LogP contribution in [0.25, 0.3) is 0 Å². The molecule has 0 saturated carbocycles. The number of benzene rings is 1. The van der Waals surface area contributed by atoms with Crippen LogP contribution in [0.15, 0.2) is 48.7 Å². The van der Waals surface area contributed by atoms with Crippen LogP contribution in [0, 0.1) is 12.3 Å². The predicted molar refractivity (Wildman–Crippen MR) is 105 cm³/mol. The molecule has 2 N–H and O–H groups in total. The maximum Gasteiger partial charge on any atom is 0.314 e. The predicted octanol–water partition coefficient (Wildman–Crippen LogP) is 2.69. The summed E-state index contributed by atoms with van der Waals surface area (Å²) in [6.07, 6.45) is 2.47. The molecule has 148 valence electrons. The largest absolute Gasteiger partial charge is 0.481 e. The number of pyridine rings is 1. The highest BCUT2D eigenvalue weighted by Gasteiger charge is 2.49. The first kappa shape index (κ1) is 20.0. The first-order valence-corrected chi connectivity index (χ1v) is 9.60. The van der Waals surface area contributed by atoms with Crippen LogP contribution in [0.5, 0.6) is 0 Å². The molecular weight excluding hydrogens is 356 g/mol. The zero-order valence-corrected chi connectivity index (χ0v) is 16.0. The number of aryl methyl sites for hydroxylation is 2. The van der Waals surface area contributed by atoms with Crippen molar-refractivity contribution in [3.05, 3.63) is 65.5 Å². The normalized spacial score (nSPS) is 22.1. The number of hydrogen-bond acceptors (Lipinski definition) is 4. The zero-order chi connectivity index (χ0) is 20.1. The molecule has 3 rings (SSSR count). The Bertz CT molecular complexity index is 822. The van der Waals surface area contributed by atoms with E-state index in [4.69, 9.17) is 0 Å². The van der Waals surface area contributed by atoms with E-state index in [0.29, 0.717) is 24.9 Å². The Morgan fingerprint density at radius 3 is 2.61 bits per heavy atom. The van der Waals surface area contributed by atoms with E-state index in [-0.39, 0.29) is 18.9 Å². The summed E-state index contributed by atoms with van der Waals surface area (Å²) in [5.74, 6) is -1.29. The fourth-order valence-electron chi connectivity index (χ4n) is 3.85. The van der Waals surface area contributed by atoms with Crippen LogP contribution in [0.3, 0.4) is 0 Å². The van der Waals surface area contributed by atoms with Gasteiger partial charge in [0.15, 0.2) is 0 Å². The second-order valence-electron chi connectivity index (χ2n) is 7.52. The Kier molecular flexibility index (Phi) is 6.09. The van der Waals surface area contributed by atoms with Crippen molar-refractivity contribution in [3.63, 3.8) is 0 Å². The molecule has 1 saturated heterocycles. The molecule has 2 aromatic rings. The molecule has 0 unspecified atom stereocenters. The highest BCUT2D eigenvalue weighted by atomic mass is 16.4. The molecule has 1 aromatic carbocycles. The van der Waals surface area contributed by atoms with E-state index in [0.717, 1.165) is 17.7 Å². The van der Waals surface area contributed by atoms with Gasteiger partial charge in [0.1, 0.15) is 5.41 Å². The number of likely N-dealkylation sites (tertiary alicyclic amines) is 1. The van der Waals surface area contributed by atoms with Crippen molar-refractivity contribution < 1.29 is 19.8 Å². The number of piperidine rings is 1. The number of carbonyl (C=O) groups is 2. The number of amides is 1. The molecule has 1 aliphatic heterocycles. The number of hydrogen-bond donors (Lipinski definition) is 2. The van der Waals surface area contributed by atoms with Gasteiger partial charge in [0.05, 0.1) is 11.7 Å². The molecule has 0 radical (unpaired) electrons. The van der Waals surface area contributed by atoms with Gasteiger partial charge in [-0.2, -0.15) is 0 Å². The molecule has 1 fully saturated rings. The van der Waals surface area contributed by atoms with Crippen molar-refractivity contribution in [2.75, 3.05) is 13.1 Å². The van der Waals surface area contributed by atoms with Crippen molar-refractivity contribution in [2.45, 2.75) is 38.7 Å². The minimum atomic E-state index is -1.35. The summed E-state index contributed by atoms with van der Waals surface area (Å²) in [7, 11) is 0. The monoisotopic (exact) mass is 382 g/mol. The van der Waals surface area contributed by atoms with Gasteiger partial charge in [-0.05, 0) is 50.3 Å². The number of carboxylic acid groups (broad SMARTS) is 1. The number of aromatic nitrogens is 1. The molecule has 0 bridgehead atoms. The second-order valence-corrected chi connectivity index (χ2v) is 7.52. The van der Waals surface area contributed by atoms with Crippen molar-refractivity contribution in [2.24, 2.45) is 5.41 Å². The summed E-state index contributed by atoms with van der Waals surface area (Å²) in [5.41, 5.74) is 1.03. The first-order valence-electron chi connectivity index (χ1n) is 9.60. The summed E-state index contributed by atoms with van der Waals surface area (Å²) in [4.78, 5) is 30.7. The number of rotatable bonds is 6. The SMILES string of the molecule is Cc1ccc(C(=O)N2CC[C@@H](O)[C@](CCCc3ccccc3)(C(=O)O)C2)cn1. The number of nitrogens with zero attached hydrogens (tertiary/aromatic N) is 2. The van der Waals surface area contributed by atoms with E-state index >= 15 is 0 Å². The Morgan fingerprint density at radius 2 is 1.96 bits per heavy atom. The van der Waals surface area contributed by atoms with Crippen molar-refractivity contribution in [3.8, 4) is 0 Å². The molecule has 0 aliphatic carbocycles. The van der Waals surface area contributed by atoms with Gasteiger partial charge in [-0.15, -0.1) is 0 Å². The average Bonchev–Trinajstić information content (AvgIpc) is 2.70. The molecule has 1 aliphatic rings. The van der Waals surface area contributed by atoms with E-state index in [1.165, 1.54) is 11.1 Å². The molecule has 28 heavy (non-hydrogen) atoms. The first-order chi connectivity index (χ1) is 13.4. The van der Waals surface area contributed by atoms with Gasteiger partial charge in [-0.1, -0.05) is 30.3 Å². The highest BCUT2D eigenvalue weighted by molar-refractivity contribution is 5.94. The van der Waals surface area contributed by atoms with E-state index in [1.54, 1.807) is 12.1 Å². The molecule has 1 aromatic heterocycles. The number of aliphatic carboxylic acids is 1. The van der Waals surface area contributed by atoms with Crippen molar-refractivity contribution in [1.29, 1.82) is 0 Å². The van der Waals surface area contributed by atoms with Crippen LogP contribution < -0.4 is 0 Å². The summed E-state index contributed by atoms with van der Waals surface area (Å²) in [6.45, 7) is 2.18. The maximum absolute atomic E-state index is 12.8. The lowest BCUT2D eigenvalue weighted by Crippen LogP contribution is -2.57. The van der Waals surface area contributed by atoms with E-state index in [2.05, 4.69) is 4.98 Å². The molecule has 6 heteroatoms. The van der Waals surface area contributed by atoms with Gasteiger partial charge >= 0.3 is 5.97 Å². The van der Waals surface area contributed by atoms with Gasteiger partial charge < -0.3 is 15.1 Å². The smallest absolute Gasteiger partial charge is 0.314 e. The minimum absolute atomic E-state index is 0.00496. The molecule has 6 nitrogen and oxygen atoms in total. The number of aliphatic hydroxyl groups excluding tert-OH is 1. The second kappa shape index (κ2) is 8.52. The molecule has 2 atom stereocenters. The van der Waals surface area contributed by atoms with Gasteiger partial charge in [0.25, 0.3) is 5.91 Å². The maximum atomic E-state index is 12.8. The van der Waals surface area contributed by atoms with Gasteiger partial charge in [-0.3, -0.25) is 14.6 Å². The number of aliphatic hydroxyl groups is 1. The number of carboxylic acids is 1. The molecule has 0 spiro atoms. The molecule has 2 heterocycles. The van der Waals surface area contributed by atoms with Crippen LogP contribution >= 0.6 is 0 Å². The number of carbonyl (C=O) groups excluding carboxylic acids is 1. The molecular formula is C22H26N2O4. The summed E-state index contributed by atoms with van der Waals surface area (Å²) in [5, 5.41) is 20.5. The summed E-state index contributed by atoms with van der Waals surface area (Å²) in [6, 6.07) is 13.3. The fourth-order valence-corrected chi connectivity index (χ4v) is 3.85. The average molecular weight is 382 g/mol. The van der Waals surface area contributed by atoms with E-state index in [1.807, 2.05) is 37.3 Å². The van der Waals surface area contributed by atoms with Gasteiger partial charge in [0, 0.05) is 25.0 Å².